The van der Waals surface area contributed by atoms with Crippen LogP contribution >= 0.6 is 0 Å². The van der Waals surface area contributed by atoms with E-state index in [1.54, 1.807) is 0 Å². The molecule has 1 fully saturated rings. The van der Waals surface area contributed by atoms with Crippen LogP contribution in [0.2, 0.25) is 0 Å². The smallest absolute Gasteiger partial charge is 0.0540 e. The molecule has 0 amide bonds. The third kappa shape index (κ3) is 7.36. The summed E-state index contributed by atoms with van der Waals surface area (Å²) in [6.07, 6.45) is 4.72. The number of para-hydroxylation sites is 3. The van der Waals surface area contributed by atoms with Gasteiger partial charge in [-0.1, -0.05) is 181 Å². The third-order valence-corrected chi connectivity index (χ3v) is 14.4. The first-order valence-electron chi connectivity index (χ1n) is 22.9. The van der Waals surface area contributed by atoms with Gasteiger partial charge in [-0.15, -0.1) is 0 Å². The van der Waals surface area contributed by atoms with Crippen molar-refractivity contribution in [3.8, 4) is 22.3 Å². The Kier molecular flexibility index (Phi) is 10.4. The van der Waals surface area contributed by atoms with E-state index in [1.165, 1.54) is 68.7 Å². The summed E-state index contributed by atoms with van der Waals surface area (Å²) in [4.78, 5) is 4.86. The van der Waals surface area contributed by atoms with Crippen LogP contribution in [0, 0.1) is 11.3 Å². The lowest BCUT2D eigenvalue weighted by molar-refractivity contribution is 0.137. The van der Waals surface area contributed by atoms with Crippen molar-refractivity contribution in [2.75, 3.05) is 9.80 Å². The number of nitrogens with zero attached hydrogens (tertiary/aromatic N) is 2. The topological polar surface area (TPSA) is 6.48 Å². The second-order valence-corrected chi connectivity index (χ2v) is 19.5. The lowest BCUT2D eigenvalue weighted by atomic mass is 9.58. The highest BCUT2D eigenvalue weighted by molar-refractivity contribution is 5.88. The molecule has 8 aromatic rings. The number of anilines is 6. The molecule has 2 atom stereocenters. The minimum atomic E-state index is -0.117. The Labute approximate surface area is 375 Å². The average Bonchev–Trinajstić information content (AvgIpc) is 3.55. The predicted octanol–water partition coefficient (Wildman–Crippen LogP) is 17.1. The van der Waals surface area contributed by atoms with Crippen LogP contribution in [0.3, 0.4) is 0 Å². The van der Waals surface area contributed by atoms with Gasteiger partial charge < -0.3 is 9.80 Å². The van der Waals surface area contributed by atoms with Crippen molar-refractivity contribution < 1.29 is 0 Å². The van der Waals surface area contributed by atoms with Crippen LogP contribution in [0.4, 0.5) is 34.1 Å². The SMILES string of the molecule is CC1(C)c2ccccc2-c2ccc(N(c3ccccc3)c3ccc(C4(c5ccc(N(c6ccccc6)c6ccccc6-c6ccccc6)cc5)CCCC(C(C)(C)C)C4)cc3)cc21. The van der Waals surface area contributed by atoms with Crippen molar-refractivity contribution in [3.63, 3.8) is 0 Å². The van der Waals surface area contributed by atoms with Crippen molar-refractivity contribution in [1.82, 2.24) is 0 Å². The highest BCUT2D eigenvalue weighted by atomic mass is 15.1. The molecule has 2 nitrogen and oxygen atoms in total. The van der Waals surface area contributed by atoms with Crippen molar-refractivity contribution in [1.29, 1.82) is 0 Å². The summed E-state index contributed by atoms with van der Waals surface area (Å²) in [5.74, 6) is 0.601. The summed E-state index contributed by atoms with van der Waals surface area (Å²) in [6.45, 7) is 12.1. The van der Waals surface area contributed by atoms with Gasteiger partial charge in [0.15, 0.2) is 0 Å². The molecule has 63 heavy (non-hydrogen) atoms. The summed E-state index contributed by atoms with van der Waals surface area (Å²) in [5.41, 5.74) is 17.7. The standard InChI is InChI=1S/C61H58N2/c1-59(2,3)47-22-19-41-61(43-47,46-33-37-51(38-34-46)63(49-25-13-8-14-26-49)58-30-18-16-27-53(58)44-20-9-6-10-21-44)45-31-35-50(36-32-45)62(48-23-11-7-12-24-48)52-39-40-55-54-28-15-17-29-56(54)60(4,5)57(55)42-52/h6-18,20-21,23-40,42,47H,19,22,41,43H2,1-5H3. The third-order valence-electron chi connectivity index (χ3n) is 14.4. The van der Waals surface area contributed by atoms with E-state index in [1.807, 2.05) is 0 Å². The van der Waals surface area contributed by atoms with Gasteiger partial charge in [0.1, 0.15) is 0 Å². The zero-order valence-electron chi connectivity index (χ0n) is 37.4. The Bertz CT molecular complexity index is 2840. The maximum atomic E-state index is 2.45. The maximum Gasteiger partial charge on any atom is 0.0540 e. The Balaban J connectivity index is 1.06. The lowest BCUT2D eigenvalue weighted by Crippen LogP contribution is -2.38. The van der Waals surface area contributed by atoms with Crippen molar-refractivity contribution >= 4 is 34.1 Å². The van der Waals surface area contributed by atoms with Crippen LogP contribution in [0.15, 0.2) is 206 Å². The number of benzene rings is 8. The van der Waals surface area contributed by atoms with Gasteiger partial charge in [-0.25, -0.2) is 0 Å². The molecule has 0 aliphatic heterocycles. The monoisotopic (exact) mass is 818 g/mol. The molecular formula is C61H58N2. The molecule has 0 heterocycles. The molecule has 312 valence electrons. The number of fused-ring (bicyclic) bond motifs is 3. The fourth-order valence-electron chi connectivity index (χ4n) is 11.0. The molecule has 0 N–H and O–H groups in total. The molecule has 10 rings (SSSR count). The largest absolute Gasteiger partial charge is 0.310 e. The molecule has 0 radical (unpaired) electrons. The minimum absolute atomic E-state index is 0.0793. The van der Waals surface area contributed by atoms with E-state index in [0.29, 0.717) is 5.92 Å². The fraction of sp³-hybridized carbons (Fsp3) is 0.213. The first kappa shape index (κ1) is 40.4. The fourth-order valence-corrected chi connectivity index (χ4v) is 11.0. The van der Waals surface area contributed by atoms with Gasteiger partial charge in [0.2, 0.25) is 0 Å². The number of rotatable bonds is 9. The van der Waals surface area contributed by atoms with Gasteiger partial charge >= 0.3 is 0 Å². The van der Waals surface area contributed by atoms with Gasteiger partial charge in [-0.3, -0.25) is 0 Å². The zero-order chi connectivity index (χ0) is 43.2. The van der Waals surface area contributed by atoms with E-state index in [9.17, 15) is 0 Å². The van der Waals surface area contributed by atoms with E-state index in [0.717, 1.165) is 35.6 Å². The quantitative estimate of drug-likeness (QED) is 0.143. The molecule has 0 aromatic heterocycles. The second-order valence-electron chi connectivity index (χ2n) is 19.5. The molecule has 2 aliphatic rings. The predicted molar refractivity (Wildman–Crippen MR) is 267 cm³/mol. The van der Waals surface area contributed by atoms with Crippen molar-refractivity contribution in [2.24, 2.45) is 11.3 Å². The molecule has 0 saturated heterocycles. The Hall–Kier alpha value is -6.64. The van der Waals surface area contributed by atoms with Gasteiger partial charge in [0.05, 0.1) is 5.69 Å². The van der Waals surface area contributed by atoms with Crippen molar-refractivity contribution in [2.45, 2.75) is 71.1 Å². The lowest BCUT2D eigenvalue weighted by Gasteiger charge is -2.46. The Morgan fingerprint density at radius 2 is 0.921 bits per heavy atom. The minimum Gasteiger partial charge on any atom is -0.310 e. The van der Waals surface area contributed by atoms with Gasteiger partial charge in [-0.05, 0) is 136 Å². The van der Waals surface area contributed by atoms with Crippen molar-refractivity contribution in [3.05, 3.63) is 229 Å². The summed E-state index contributed by atoms with van der Waals surface area (Å²) >= 11 is 0. The molecule has 0 bridgehead atoms. The molecule has 2 unspecified atom stereocenters. The highest BCUT2D eigenvalue weighted by Gasteiger charge is 2.43. The van der Waals surface area contributed by atoms with Crippen LogP contribution in [-0.4, -0.2) is 0 Å². The van der Waals surface area contributed by atoms with Crippen LogP contribution < -0.4 is 9.80 Å². The van der Waals surface area contributed by atoms with E-state index in [2.05, 4.69) is 251 Å². The maximum absolute atomic E-state index is 2.45. The highest BCUT2D eigenvalue weighted by Crippen LogP contribution is 2.54. The van der Waals surface area contributed by atoms with E-state index in [-0.39, 0.29) is 16.2 Å². The number of hydrogen-bond acceptors (Lipinski definition) is 2. The van der Waals surface area contributed by atoms with Crippen LogP contribution in [0.25, 0.3) is 22.3 Å². The Morgan fingerprint density at radius 3 is 1.54 bits per heavy atom. The number of hydrogen-bond donors (Lipinski definition) is 0. The summed E-state index contributed by atoms with van der Waals surface area (Å²) in [7, 11) is 0. The van der Waals surface area contributed by atoms with Crippen LogP contribution in [-0.2, 0) is 10.8 Å². The van der Waals surface area contributed by atoms with Crippen LogP contribution in [0.1, 0.15) is 82.6 Å². The first-order valence-corrected chi connectivity index (χ1v) is 22.9. The molecule has 1 saturated carbocycles. The van der Waals surface area contributed by atoms with E-state index < -0.39 is 0 Å². The normalized spacial score (nSPS) is 17.7. The van der Waals surface area contributed by atoms with Gasteiger partial charge in [0, 0.05) is 44.8 Å². The van der Waals surface area contributed by atoms with Gasteiger partial charge in [-0.2, -0.15) is 0 Å². The summed E-state index contributed by atoms with van der Waals surface area (Å²) in [5, 5.41) is 0. The van der Waals surface area contributed by atoms with Crippen LogP contribution in [0.5, 0.6) is 0 Å². The second kappa shape index (κ2) is 16.2. The summed E-state index contributed by atoms with van der Waals surface area (Å²) in [6, 6.07) is 76.5. The molecule has 2 aliphatic carbocycles. The van der Waals surface area contributed by atoms with E-state index in [4.69, 9.17) is 0 Å². The first-order chi connectivity index (χ1) is 30.6. The zero-order valence-corrected chi connectivity index (χ0v) is 37.4. The van der Waals surface area contributed by atoms with E-state index >= 15 is 0 Å². The average molecular weight is 819 g/mol. The molecule has 0 spiro atoms. The molecular weight excluding hydrogens is 761 g/mol. The van der Waals surface area contributed by atoms with Gasteiger partial charge in [0.25, 0.3) is 0 Å². The molecule has 2 heteroatoms. The Morgan fingerprint density at radius 1 is 0.444 bits per heavy atom. The summed E-state index contributed by atoms with van der Waals surface area (Å²) < 4.78 is 0. The molecule has 8 aromatic carbocycles.